The van der Waals surface area contributed by atoms with Crippen LogP contribution in [-0.2, 0) is 6.61 Å². The van der Waals surface area contributed by atoms with Crippen molar-refractivity contribution in [1.82, 2.24) is 4.98 Å². The van der Waals surface area contributed by atoms with E-state index in [1.807, 2.05) is 12.3 Å². The van der Waals surface area contributed by atoms with Crippen molar-refractivity contribution in [3.05, 3.63) is 34.8 Å². The minimum Gasteiger partial charge on any atom is -0.493 e. The first-order chi connectivity index (χ1) is 8.22. The summed E-state index contributed by atoms with van der Waals surface area (Å²) in [6.45, 7) is 1.89. The zero-order valence-corrected chi connectivity index (χ0v) is 10.5. The molecule has 1 aromatic heterocycles. The van der Waals surface area contributed by atoms with E-state index in [0.717, 1.165) is 11.3 Å². The molecule has 1 heterocycles. The van der Waals surface area contributed by atoms with E-state index in [0.29, 0.717) is 16.7 Å². The number of aliphatic hydroxyl groups excluding tert-OH is 1. The lowest BCUT2D eigenvalue weighted by atomic mass is 10.2. The van der Waals surface area contributed by atoms with Crippen LogP contribution < -0.4 is 9.47 Å². The molecule has 1 N–H and O–H groups in total. The van der Waals surface area contributed by atoms with Gasteiger partial charge < -0.3 is 14.6 Å². The van der Waals surface area contributed by atoms with Crippen LogP contribution in [0.5, 0.6) is 16.7 Å². The van der Waals surface area contributed by atoms with Crippen LogP contribution in [0, 0.1) is 6.92 Å². The second kappa shape index (κ2) is 5.16. The Balaban J connectivity index is 2.26. The molecule has 4 nitrogen and oxygen atoms in total. The summed E-state index contributed by atoms with van der Waals surface area (Å²) in [5, 5.41) is 11.5. The van der Waals surface area contributed by atoms with Gasteiger partial charge in [0.05, 0.1) is 19.4 Å². The Morgan fingerprint density at radius 2 is 2.18 bits per heavy atom. The highest BCUT2D eigenvalue weighted by molar-refractivity contribution is 7.11. The normalized spacial score (nSPS) is 10.3. The maximum Gasteiger partial charge on any atom is 0.279 e. The third-order valence-electron chi connectivity index (χ3n) is 2.21. The van der Waals surface area contributed by atoms with Gasteiger partial charge in [-0.05, 0) is 24.6 Å². The van der Waals surface area contributed by atoms with Gasteiger partial charge in [-0.2, -0.15) is 0 Å². The lowest BCUT2D eigenvalue weighted by Gasteiger charge is -2.09. The molecule has 1 aromatic carbocycles. The number of nitrogens with zero attached hydrogens (tertiary/aromatic N) is 1. The lowest BCUT2D eigenvalue weighted by Crippen LogP contribution is -1.92. The zero-order chi connectivity index (χ0) is 12.3. The summed E-state index contributed by atoms with van der Waals surface area (Å²) in [4.78, 5) is 4.22. The van der Waals surface area contributed by atoms with Gasteiger partial charge in [-0.1, -0.05) is 17.4 Å². The van der Waals surface area contributed by atoms with Crippen molar-refractivity contribution in [1.29, 1.82) is 0 Å². The first kappa shape index (κ1) is 11.9. The fourth-order valence-electron chi connectivity index (χ4n) is 1.37. The van der Waals surface area contributed by atoms with Crippen LogP contribution in [0.2, 0.25) is 0 Å². The zero-order valence-electron chi connectivity index (χ0n) is 9.64. The number of methoxy groups -OCH3 is 1. The molecule has 0 fully saturated rings. The van der Waals surface area contributed by atoms with Crippen LogP contribution in [0.25, 0.3) is 0 Å². The molecular formula is C12H13NO3S. The topological polar surface area (TPSA) is 51.6 Å². The molecule has 90 valence electrons. The minimum absolute atomic E-state index is 0.0208. The number of hydrogen-bond donors (Lipinski definition) is 1. The number of aromatic nitrogens is 1. The van der Waals surface area contributed by atoms with Crippen molar-refractivity contribution in [3.63, 3.8) is 0 Å². The smallest absolute Gasteiger partial charge is 0.279 e. The van der Waals surface area contributed by atoms with Gasteiger partial charge in [0, 0.05) is 5.38 Å². The highest BCUT2D eigenvalue weighted by Gasteiger charge is 2.08. The van der Waals surface area contributed by atoms with Crippen LogP contribution in [0.1, 0.15) is 11.3 Å². The average Bonchev–Trinajstić information content (AvgIpc) is 2.75. The van der Waals surface area contributed by atoms with Gasteiger partial charge >= 0.3 is 0 Å². The van der Waals surface area contributed by atoms with Crippen molar-refractivity contribution in [2.45, 2.75) is 13.5 Å². The Hall–Kier alpha value is -1.59. The molecule has 0 atom stereocenters. The fourth-order valence-corrected chi connectivity index (χ4v) is 2.03. The molecular weight excluding hydrogens is 238 g/mol. The number of benzene rings is 1. The third-order valence-corrected chi connectivity index (χ3v) is 3.04. The second-order valence-corrected chi connectivity index (χ2v) is 4.32. The standard InChI is InChI=1S/C12H13NO3S/c1-8-7-17-12(13-8)16-10-4-3-9(6-14)5-11(10)15-2/h3-5,7,14H,6H2,1-2H3. The predicted octanol–water partition coefficient (Wildman–Crippen LogP) is 2.74. The van der Waals surface area contributed by atoms with Crippen LogP contribution in [0.4, 0.5) is 0 Å². The summed E-state index contributed by atoms with van der Waals surface area (Å²) in [6, 6.07) is 5.30. The van der Waals surface area contributed by atoms with Crippen molar-refractivity contribution in [2.24, 2.45) is 0 Å². The fraction of sp³-hybridized carbons (Fsp3) is 0.250. The van der Waals surface area contributed by atoms with E-state index in [2.05, 4.69) is 4.98 Å². The van der Waals surface area contributed by atoms with Gasteiger partial charge in [-0.25, -0.2) is 4.98 Å². The lowest BCUT2D eigenvalue weighted by molar-refractivity contribution is 0.280. The Bertz CT molecular complexity index is 510. The van der Waals surface area contributed by atoms with Crippen molar-refractivity contribution in [3.8, 4) is 16.7 Å². The third kappa shape index (κ3) is 2.75. The summed E-state index contributed by atoms with van der Waals surface area (Å²) in [7, 11) is 1.57. The van der Waals surface area contributed by atoms with E-state index >= 15 is 0 Å². The molecule has 2 aromatic rings. The molecule has 0 aliphatic heterocycles. The molecule has 0 radical (unpaired) electrons. The number of aryl methyl sites for hydroxylation is 1. The number of thiazole rings is 1. The van der Waals surface area contributed by atoms with Crippen LogP contribution in [0.15, 0.2) is 23.6 Å². The molecule has 0 saturated carbocycles. The summed E-state index contributed by atoms with van der Waals surface area (Å²) < 4.78 is 10.8. The highest BCUT2D eigenvalue weighted by atomic mass is 32.1. The van der Waals surface area contributed by atoms with E-state index in [1.165, 1.54) is 11.3 Å². The quantitative estimate of drug-likeness (QED) is 0.907. The van der Waals surface area contributed by atoms with Crippen LogP contribution in [0.3, 0.4) is 0 Å². The van der Waals surface area contributed by atoms with Crippen molar-refractivity contribution < 1.29 is 14.6 Å². The van der Waals surface area contributed by atoms with Crippen molar-refractivity contribution >= 4 is 11.3 Å². The first-order valence-electron chi connectivity index (χ1n) is 5.10. The molecule has 0 spiro atoms. The Morgan fingerprint density at radius 1 is 1.35 bits per heavy atom. The molecule has 0 saturated heterocycles. The number of ether oxygens (including phenoxy) is 2. The Morgan fingerprint density at radius 3 is 2.76 bits per heavy atom. The van der Waals surface area contributed by atoms with E-state index < -0.39 is 0 Å². The number of aliphatic hydroxyl groups is 1. The maximum atomic E-state index is 9.03. The summed E-state index contributed by atoms with van der Waals surface area (Å²) in [5.41, 5.74) is 1.71. The van der Waals surface area contributed by atoms with Crippen LogP contribution >= 0.6 is 11.3 Å². The second-order valence-electron chi connectivity index (χ2n) is 3.50. The predicted molar refractivity (Wildman–Crippen MR) is 65.8 cm³/mol. The highest BCUT2D eigenvalue weighted by Crippen LogP contribution is 2.33. The van der Waals surface area contributed by atoms with Crippen LogP contribution in [-0.4, -0.2) is 17.2 Å². The first-order valence-corrected chi connectivity index (χ1v) is 5.98. The molecule has 0 amide bonds. The monoisotopic (exact) mass is 251 g/mol. The van der Waals surface area contributed by atoms with Gasteiger partial charge in [-0.15, -0.1) is 0 Å². The van der Waals surface area contributed by atoms with E-state index in [1.54, 1.807) is 25.3 Å². The average molecular weight is 251 g/mol. The minimum atomic E-state index is -0.0208. The van der Waals surface area contributed by atoms with E-state index in [9.17, 15) is 0 Å². The Labute approximate surface area is 103 Å². The Kier molecular flexibility index (Phi) is 3.61. The van der Waals surface area contributed by atoms with Gasteiger partial charge in [0.2, 0.25) is 0 Å². The molecule has 0 aliphatic rings. The molecule has 5 heteroatoms. The SMILES string of the molecule is COc1cc(CO)ccc1Oc1nc(C)cs1. The maximum absolute atomic E-state index is 9.03. The summed E-state index contributed by atoms with van der Waals surface area (Å²) in [5.74, 6) is 1.18. The molecule has 0 bridgehead atoms. The largest absolute Gasteiger partial charge is 0.493 e. The summed E-state index contributed by atoms with van der Waals surface area (Å²) >= 11 is 1.44. The van der Waals surface area contributed by atoms with E-state index in [-0.39, 0.29) is 6.61 Å². The molecule has 0 unspecified atom stereocenters. The van der Waals surface area contributed by atoms with Crippen molar-refractivity contribution in [2.75, 3.05) is 7.11 Å². The molecule has 0 aliphatic carbocycles. The van der Waals surface area contributed by atoms with Gasteiger partial charge in [0.25, 0.3) is 5.19 Å². The number of hydrogen-bond acceptors (Lipinski definition) is 5. The van der Waals surface area contributed by atoms with Gasteiger partial charge in [0.1, 0.15) is 0 Å². The molecule has 17 heavy (non-hydrogen) atoms. The summed E-state index contributed by atoms with van der Waals surface area (Å²) in [6.07, 6.45) is 0. The van der Waals surface area contributed by atoms with Gasteiger partial charge in [-0.3, -0.25) is 0 Å². The van der Waals surface area contributed by atoms with Gasteiger partial charge in [0.15, 0.2) is 11.5 Å². The number of rotatable bonds is 4. The molecule has 2 rings (SSSR count). The van der Waals surface area contributed by atoms with E-state index in [4.69, 9.17) is 14.6 Å².